The van der Waals surface area contributed by atoms with E-state index in [4.69, 9.17) is 21.1 Å². The number of ether oxygens (including phenoxy) is 2. The van der Waals surface area contributed by atoms with Gasteiger partial charge in [-0.15, -0.1) is 0 Å². The molecule has 0 N–H and O–H groups in total. The molecule has 2 amide bonds. The molecule has 1 aliphatic carbocycles. The van der Waals surface area contributed by atoms with Gasteiger partial charge in [-0.1, -0.05) is 11.6 Å². The van der Waals surface area contributed by atoms with Gasteiger partial charge in [0.1, 0.15) is 11.5 Å². The van der Waals surface area contributed by atoms with Crippen molar-refractivity contribution in [2.24, 2.45) is 0 Å². The Labute approximate surface area is 181 Å². The maximum atomic E-state index is 13.5. The first-order valence-corrected chi connectivity index (χ1v) is 10.5. The van der Waals surface area contributed by atoms with E-state index in [1.165, 1.54) is 0 Å². The standard InChI is InChI=1S/C23H25ClN2O4/c1-29-18-8-10-21(30-2)16(12-18)14-26(17-6-7-17)23(28)15-5-9-19(24)20(13-15)25-11-3-4-22(25)27/h5,8-10,12-13,17H,3-4,6-7,11,14H2,1-2H3. The predicted octanol–water partition coefficient (Wildman–Crippen LogP) is 4.29. The quantitative estimate of drug-likeness (QED) is 0.660. The van der Waals surface area contributed by atoms with Crippen molar-refractivity contribution in [1.82, 2.24) is 4.90 Å². The zero-order valence-electron chi connectivity index (χ0n) is 17.2. The molecule has 0 radical (unpaired) electrons. The maximum absolute atomic E-state index is 13.5. The van der Waals surface area contributed by atoms with Crippen LogP contribution in [0, 0.1) is 0 Å². The maximum Gasteiger partial charge on any atom is 0.254 e. The van der Waals surface area contributed by atoms with Crippen LogP contribution in [0.2, 0.25) is 5.02 Å². The van der Waals surface area contributed by atoms with Crippen LogP contribution < -0.4 is 14.4 Å². The summed E-state index contributed by atoms with van der Waals surface area (Å²) in [6.45, 7) is 1.05. The molecule has 6 nitrogen and oxygen atoms in total. The number of benzene rings is 2. The summed E-state index contributed by atoms with van der Waals surface area (Å²) in [6, 6.07) is 11.0. The average Bonchev–Trinajstić information content (AvgIpc) is 3.52. The summed E-state index contributed by atoms with van der Waals surface area (Å²) in [5.74, 6) is 1.40. The van der Waals surface area contributed by atoms with Crippen molar-refractivity contribution in [1.29, 1.82) is 0 Å². The van der Waals surface area contributed by atoms with Crippen molar-refractivity contribution >= 4 is 29.1 Å². The molecule has 2 aromatic carbocycles. The minimum Gasteiger partial charge on any atom is -0.497 e. The molecule has 7 heteroatoms. The SMILES string of the molecule is COc1ccc(OC)c(CN(C(=O)c2ccc(Cl)c(N3CCCC3=O)c2)C2CC2)c1. The van der Waals surface area contributed by atoms with E-state index in [1.54, 1.807) is 37.3 Å². The van der Waals surface area contributed by atoms with E-state index >= 15 is 0 Å². The lowest BCUT2D eigenvalue weighted by Gasteiger charge is -2.25. The lowest BCUT2D eigenvalue weighted by Crippen LogP contribution is -2.33. The van der Waals surface area contributed by atoms with Crippen LogP contribution in [-0.4, -0.2) is 43.5 Å². The second kappa shape index (κ2) is 8.56. The molecule has 4 rings (SSSR count). The Balaban J connectivity index is 1.63. The van der Waals surface area contributed by atoms with Crippen molar-refractivity contribution in [3.63, 3.8) is 0 Å². The molecule has 2 aliphatic rings. The second-order valence-electron chi connectivity index (χ2n) is 7.66. The Morgan fingerprint density at radius 3 is 2.60 bits per heavy atom. The van der Waals surface area contributed by atoms with Crippen LogP contribution in [0.15, 0.2) is 36.4 Å². The molecular formula is C23H25ClN2O4. The largest absolute Gasteiger partial charge is 0.497 e. The van der Waals surface area contributed by atoms with Crippen molar-refractivity contribution in [2.75, 3.05) is 25.7 Å². The van der Waals surface area contributed by atoms with Crippen LogP contribution in [-0.2, 0) is 11.3 Å². The van der Waals surface area contributed by atoms with Gasteiger partial charge in [-0.25, -0.2) is 0 Å². The Morgan fingerprint density at radius 2 is 1.97 bits per heavy atom. The summed E-state index contributed by atoms with van der Waals surface area (Å²) in [5, 5.41) is 0.481. The predicted molar refractivity (Wildman–Crippen MR) is 115 cm³/mol. The van der Waals surface area contributed by atoms with Crippen LogP contribution in [0.5, 0.6) is 11.5 Å². The van der Waals surface area contributed by atoms with Gasteiger partial charge in [0, 0.05) is 30.1 Å². The van der Waals surface area contributed by atoms with Crippen LogP contribution >= 0.6 is 11.6 Å². The van der Waals surface area contributed by atoms with E-state index in [-0.39, 0.29) is 17.9 Å². The molecule has 2 fully saturated rings. The Hall–Kier alpha value is -2.73. The van der Waals surface area contributed by atoms with E-state index in [9.17, 15) is 9.59 Å². The monoisotopic (exact) mass is 428 g/mol. The van der Waals surface area contributed by atoms with Crippen LogP contribution in [0.3, 0.4) is 0 Å². The summed E-state index contributed by atoms with van der Waals surface area (Å²) in [5.41, 5.74) is 2.03. The van der Waals surface area contributed by atoms with Gasteiger partial charge in [0.05, 0.1) is 31.5 Å². The zero-order chi connectivity index (χ0) is 21.3. The Morgan fingerprint density at radius 1 is 1.17 bits per heavy atom. The number of halogens is 1. The summed E-state index contributed by atoms with van der Waals surface area (Å²) in [6.07, 6.45) is 3.27. The molecule has 30 heavy (non-hydrogen) atoms. The summed E-state index contributed by atoms with van der Waals surface area (Å²) in [7, 11) is 3.23. The zero-order valence-corrected chi connectivity index (χ0v) is 17.9. The first kappa shape index (κ1) is 20.5. The van der Waals surface area contributed by atoms with Gasteiger partial charge >= 0.3 is 0 Å². The lowest BCUT2D eigenvalue weighted by atomic mass is 10.1. The van der Waals surface area contributed by atoms with Crippen LogP contribution in [0.4, 0.5) is 5.69 Å². The number of hydrogen-bond donors (Lipinski definition) is 0. The van der Waals surface area contributed by atoms with E-state index in [0.717, 1.165) is 30.6 Å². The van der Waals surface area contributed by atoms with Gasteiger partial charge in [-0.2, -0.15) is 0 Å². The molecule has 0 aromatic heterocycles. The number of nitrogens with zero attached hydrogens (tertiary/aromatic N) is 2. The third kappa shape index (κ3) is 4.10. The number of carbonyl (C=O) groups excluding carboxylic acids is 2. The highest BCUT2D eigenvalue weighted by Crippen LogP contribution is 2.35. The van der Waals surface area contributed by atoms with Gasteiger partial charge in [0.2, 0.25) is 5.91 Å². The van der Waals surface area contributed by atoms with Gasteiger partial charge in [-0.3, -0.25) is 9.59 Å². The number of hydrogen-bond acceptors (Lipinski definition) is 4. The van der Waals surface area contributed by atoms with E-state index < -0.39 is 0 Å². The highest BCUT2D eigenvalue weighted by Gasteiger charge is 2.34. The summed E-state index contributed by atoms with van der Waals surface area (Å²) in [4.78, 5) is 29.2. The molecular weight excluding hydrogens is 404 g/mol. The number of carbonyl (C=O) groups is 2. The number of methoxy groups -OCH3 is 2. The van der Waals surface area contributed by atoms with Crippen molar-refractivity contribution in [3.8, 4) is 11.5 Å². The molecule has 1 heterocycles. The van der Waals surface area contributed by atoms with Gasteiger partial charge in [0.15, 0.2) is 0 Å². The van der Waals surface area contributed by atoms with Gasteiger partial charge in [0.25, 0.3) is 5.91 Å². The smallest absolute Gasteiger partial charge is 0.254 e. The number of rotatable bonds is 7. The van der Waals surface area contributed by atoms with Crippen LogP contribution in [0.25, 0.3) is 0 Å². The van der Waals surface area contributed by atoms with Gasteiger partial charge < -0.3 is 19.3 Å². The highest BCUT2D eigenvalue weighted by molar-refractivity contribution is 6.34. The normalized spacial score (nSPS) is 16.0. The first-order valence-electron chi connectivity index (χ1n) is 10.1. The third-order valence-electron chi connectivity index (χ3n) is 5.63. The average molecular weight is 429 g/mol. The molecule has 0 atom stereocenters. The summed E-state index contributed by atoms with van der Waals surface area (Å²) >= 11 is 6.35. The topological polar surface area (TPSA) is 59.1 Å². The van der Waals surface area contributed by atoms with Crippen molar-refractivity contribution < 1.29 is 19.1 Å². The molecule has 1 aliphatic heterocycles. The molecule has 0 bridgehead atoms. The second-order valence-corrected chi connectivity index (χ2v) is 8.06. The minimum absolute atomic E-state index is 0.0432. The molecule has 1 saturated carbocycles. The van der Waals surface area contributed by atoms with Crippen LogP contribution in [0.1, 0.15) is 41.6 Å². The molecule has 158 valence electrons. The third-order valence-corrected chi connectivity index (χ3v) is 5.95. The Kier molecular flexibility index (Phi) is 5.86. The number of amides is 2. The molecule has 0 unspecified atom stereocenters. The Bertz CT molecular complexity index is 974. The van der Waals surface area contributed by atoms with Crippen molar-refractivity contribution in [2.45, 2.75) is 38.3 Å². The van der Waals surface area contributed by atoms with E-state index in [1.807, 2.05) is 23.1 Å². The minimum atomic E-state index is -0.0769. The van der Waals surface area contributed by atoms with Gasteiger partial charge in [-0.05, 0) is 55.7 Å². The number of anilines is 1. The van der Waals surface area contributed by atoms with E-state index in [0.29, 0.717) is 41.5 Å². The highest BCUT2D eigenvalue weighted by atomic mass is 35.5. The van der Waals surface area contributed by atoms with Crippen molar-refractivity contribution in [3.05, 3.63) is 52.5 Å². The fraction of sp³-hybridized carbons (Fsp3) is 0.391. The molecule has 0 spiro atoms. The first-order chi connectivity index (χ1) is 14.5. The molecule has 2 aromatic rings. The fourth-order valence-electron chi connectivity index (χ4n) is 3.86. The lowest BCUT2D eigenvalue weighted by molar-refractivity contribution is -0.117. The summed E-state index contributed by atoms with van der Waals surface area (Å²) < 4.78 is 10.8. The molecule has 1 saturated heterocycles. The van der Waals surface area contributed by atoms with E-state index in [2.05, 4.69) is 0 Å². The fourth-order valence-corrected chi connectivity index (χ4v) is 4.08.